The van der Waals surface area contributed by atoms with Crippen LogP contribution in [0.3, 0.4) is 0 Å². The molecule has 0 radical (unpaired) electrons. The lowest BCUT2D eigenvalue weighted by Crippen LogP contribution is -2.71. The summed E-state index contributed by atoms with van der Waals surface area (Å²) >= 11 is 0. The van der Waals surface area contributed by atoms with Gasteiger partial charge in [-0.3, -0.25) is 14.4 Å². The second kappa shape index (κ2) is 9.79. The number of nitrogens with two attached hydrogens (primary N) is 1. The number of aryl methyl sites for hydroxylation is 1. The van der Waals surface area contributed by atoms with Crippen molar-refractivity contribution in [1.29, 1.82) is 0 Å². The second-order valence-corrected chi connectivity index (χ2v) is 10.4. The first-order valence-corrected chi connectivity index (χ1v) is 12.4. The summed E-state index contributed by atoms with van der Waals surface area (Å²) in [5.74, 6) is -7.59. The van der Waals surface area contributed by atoms with Crippen molar-refractivity contribution >= 4 is 17.5 Å². The van der Waals surface area contributed by atoms with Crippen LogP contribution in [-0.2, 0) is 29.0 Å². The molecule has 2 unspecified atom stereocenters. The number of rotatable bonds is 7. The number of hydrogen-bond donors (Lipinski definition) is 6. The maximum Gasteiger partial charge on any atom is 0.230 e. The van der Waals surface area contributed by atoms with Gasteiger partial charge in [0, 0.05) is 36.2 Å². The number of alkyl halides is 1. The SMILES string of the molecule is CCc1cc(CNCCF)c(O)c2c1C[C@H]1C[C@H]3[C@H](N(C)C)C(O)C(C(N)=O)C(=O)[C@@]3(O)C(O)=C1C2=O. The Labute approximate surface area is 213 Å². The van der Waals surface area contributed by atoms with Gasteiger partial charge in [-0.2, -0.15) is 0 Å². The van der Waals surface area contributed by atoms with Crippen LogP contribution in [0.1, 0.15) is 40.4 Å². The Morgan fingerprint density at radius 1 is 1.27 bits per heavy atom. The van der Waals surface area contributed by atoms with Gasteiger partial charge in [-0.25, -0.2) is 4.39 Å². The van der Waals surface area contributed by atoms with E-state index in [2.05, 4.69) is 5.32 Å². The van der Waals surface area contributed by atoms with E-state index in [0.29, 0.717) is 17.5 Å². The van der Waals surface area contributed by atoms with Crippen molar-refractivity contribution in [2.45, 2.75) is 50.5 Å². The van der Waals surface area contributed by atoms with E-state index in [9.17, 15) is 39.2 Å². The molecule has 1 aromatic rings. The van der Waals surface area contributed by atoms with E-state index in [-0.39, 0.29) is 42.8 Å². The first kappa shape index (κ1) is 27.2. The summed E-state index contributed by atoms with van der Waals surface area (Å²) in [7, 11) is 3.23. The number of carbonyl (C=O) groups excluding carboxylic acids is 3. The molecular formula is C26H34FN3O7. The monoisotopic (exact) mass is 519 g/mol. The Kier molecular flexibility index (Phi) is 7.19. The number of hydrogen-bond acceptors (Lipinski definition) is 9. The molecule has 1 amide bonds. The predicted molar refractivity (Wildman–Crippen MR) is 131 cm³/mol. The fourth-order valence-electron chi connectivity index (χ4n) is 6.55. The third-order valence-electron chi connectivity index (χ3n) is 8.23. The van der Waals surface area contributed by atoms with Gasteiger partial charge in [-0.15, -0.1) is 0 Å². The van der Waals surface area contributed by atoms with E-state index in [0.717, 1.165) is 5.56 Å². The van der Waals surface area contributed by atoms with Crippen molar-refractivity contribution in [3.05, 3.63) is 39.7 Å². The molecule has 6 atom stereocenters. The summed E-state index contributed by atoms with van der Waals surface area (Å²) in [5, 5.41) is 47.9. The molecule has 37 heavy (non-hydrogen) atoms. The highest BCUT2D eigenvalue weighted by Crippen LogP contribution is 2.53. The topological polar surface area (TPSA) is 173 Å². The van der Waals surface area contributed by atoms with Gasteiger partial charge in [0.2, 0.25) is 5.91 Å². The van der Waals surface area contributed by atoms with Crippen molar-refractivity contribution in [3.63, 3.8) is 0 Å². The van der Waals surface area contributed by atoms with Crippen molar-refractivity contribution in [2.24, 2.45) is 23.5 Å². The van der Waals surface area contributed by atoms with E-state index >= 15 is 0 Å². The van der Waals surface area contributed by atoms with E-state index in [4.69, 9.17) is 5.73 Å². The Morgan fingerprint density at radius 3 is 2.51 bits per heavy atom. The number of carbonyl (C=O) groups is 3. The predicted octanol–water partition coefficient (Wildman–Crippen LogP) is -0.0929. The van der Waals surface area contributed by atoms with Crippen molar-refractivity contribution in [2.75, 3.05) is 27.3 Å². The number of phenols is 1. The number of likely N-dealkylation sites (N-methyl/N-ethyl adjacent to an activating group) is 1. The molecule has 11 heteroatoms. The fourth-order valence-corrected chi connectivity index (χ4v) is 6.55. The maximum absolute atomic E-state index is 13.8. The van der Waals surface area contributed by atoms with Gasteiger partial charge in [-0.05, 0) is 50.4 Å². The molecule has 10 nitrogen and oxygen atoms in total. The van der Waals surface area contributed by atoms with E-state index < -0.39 is 65.4 Å². The number of allylic oxidation sites excluding steroid dienone is 1. The first-order chi connectivity index (χ1) is 17.4. The summed E-state index contributed by atoms with van der Waals surface area (Å²) in [6, 6.07) is 0.859. The number of benzene rings is 1. The van der Waals surface area contributed by atoms with Crippen LogP contribution in [0.25, 0.3) is 0 Å². The second-order valence-electron chi connectivity index (χ2n) is 10.4. The third kappa shape index (κ3) is 3.96. The summed E-state index contributed by atoms with van der Waals surface area (Å²) in [6.45, 7) is 1.48. The number of fused-ring (bicyclic) bond motifs is 3. The average molecular weight is 520 g/mol. The minimum atomic E-state index is -2.61. The largest absolute Gasteiger partial charge is 0.508 e. The van der Waals surface area contributed by atoms with Gasteiger partial charge in [0.1, 0.15) is 24.1 Å². The van der Waals surface area contributed by atoms with Crippen LogP contribution in [0.5, 0.6) is 5.75 Å². The van der Waals surface area contributed by atoms with Gasteiger partial charge >= 0.3 is 0 Å². The minimum Gasteiger partial charge on any atom is -0.508 e. The quantitative estimate of drug-likeness (QED) is 0.212. The molecule has 1 aromatic carbocycles. The number of aliphatic hydroxyl groups excluding tert-OH is 2. The summed E-state index contributed by atoms with van der Waals surface area (Å²) in [4.78, 5) is 40.9. The van der Waals surface area contributed by atoms with Crippen LogP contribution in [0.2, 0.25) is 0 Å². The van der Waals surface area contributed by atoms with Gasteiger partial charge in [0.15, 0.2) is 17.2 Å². The molecule has 0 spiro atoms. The molecule has 0 bridgehead atoms. The van der Waals surface area contributed by atoms with Crippen molar-refractivity contribution in [1.82, 2.24) is 10.2 Å². The number of aromatic hydroxyl groups is 1. The lowest BCUT2D eigenvalue weighted by molar-refractivity contribution is -0.178. The molecule has 3 aliphatic rings. The molecule has 4 rings (SSSR count). The minimum absolute atomic E-state index is 0.0184. The summed E-state index contributed by atoms with van der Waals surface area (Å²) < 4.78 is 12.6. The highest BCUT2D eigenvalue weighted by Gasteiger charge is 2.66. The molecule has 0 saturated heterocycles. The van der Waals surface area contributed by atoms with Crippen LogP contribution < -0.4 is 11.1 Å². The average Bonchev–Trinajstić information content (AvgIpc) is 2.82. The zero-order valence-corrected chi connectivity index (χ0v) is 21.1. The highest BCUT2D eigenvalue weighted by atomic mass is 19.1. The normalized spacial score (nSPS) is 31.3. The Hall–Kier alpha value is -2.86. The number of primary amides is 1. The Morgan fingerprint density at radius 2 is 1.95 bits per heavy atom. The first-order valence-electron chi connectivity index (χ1n) is 12.4. The van der Waals surface area contributed by atoms with Crippen LogP contribution >= 0.6 is 0 Å². The standard InChI is InChI=1S/C26H34FN3O7/c1-4-11-7-13(10-29-6-5-27)20(31)17-14(11)8-12-9-15-19(30(2)3)22(33)18(25(28)36)24(35)26(15,37)23(34)16(12)21(17)32/h7,12,15,18-19,22,29,31,33-34,37H,4-6,8-10H2,1-3H3,(H2,28,36)/t12-,15-,18?,19-,22?,26-/m0/s1. The van der Waals surface area contributed by atoms with Crippen LogP contribution in [0.4, 0.5) is 4.39 Å². The number of ketones is 2. The van der Waals surface area contributed by atoms with Gasteiger partial charge < -0.3 is 36.4 Å². The van der Waals surface area contributed by atoms with Gasteiger partial charge in [0.25, 0.3) is 0 Å². The zero-order valence-electron chi connectivity index (χ0n) is 21.1. The fraction of sp³-hybridized carbons (Fsp3) is 0.577. The number of halogens is 1. The molecule has 202 valence electrons. The summed E-state index contributed by atoms with van der Waals surface area (Å²) in [5.41, 5.74) is 4.40. The van der Waals surface area contributed by atoms with Crippen molar-refractivity contribution < 1.29 is 39.2 Å². The Balaban J connectivity index is 1.89. The third-order valence-corrected chi connectivity index (χ3v) is 8.23. The van der Waals surface area contributed by atoms with Crippen LogP contribution in [-0.4, -0.2) is 87.9 Å². The van der Waals surface area contributed by atoms with Crippen molar-refractivity contribution in [3.8, 4) is 5.75 Å². The number of nitrogens with one attached hydrogen (secondary N) is 1. The molecule has 0 heterocycles. The molecular weight excluding hydrogens is 485 g/mol. The number of Topliss-reactive ketones (excluding diaryl/α,β-unsaturated/α-hetero) is 2. The molecule has 1 fully saturated rings. The highest BCUT2D eigenvalue weighted by molar-refractivity contribution is 6.15. The summed E-state index contributed by atoms with van der Waals surface area (Å²) in [6.07, 6.45) is -0.636. The van der Waals surface area contributed by atoms with E-state index in [1.165, 1.54) is 0 Å². The van der Waals surface area contributed by atoms with Gasteiger partial charge in [0.05, 0.1) is 11.7 Å². The molecule has 0 aliphatic heterocycles. The molecule has 1 saturated carbocycles. The zero-order chi connectivity index (χ0) is 27.4. The number of phenolic OH excluding ortho intramolecular Hbond substituents is 1. The number of aliphatic hydroxyl groups is 3. The smallest absolute Gasteiger partial charge is 0.230 e. The molecule has 3 aliphatic carbocycles. The molecule has 7 N–H and O–H groups in total. The number of amides is 1. The van der Waals surface area contributed by atoms with Crippen LogP contribution in [0, 0.1) is 17.8 Å². The van der Waals surface area contributed by atoms with Crippen LogP contribution in [0.15, 0.2) is 17.4 Å². The maximum atomic E-state index is 13.8. The molecule has 0 aromatic heterocycles. The lowest BCUT2D eigenvalue weighted by atomic mass is 9.55. The Bertz CT molecular complexity index is 1180. The van der Waals surface area contributed by atoms with Gasteiger partial charge in [-0.1, -0.05) is 13.0 Å². The van der Waals surface area contributed by atoms with E-state index in [1.54, 1.807) is 25.1 Å². The number of nitrogens with zero attached hydrogens (tertiary/aromatic N) is 1. The van der Waals surface area contributed by atoms with E-state index in [1.807, 2.05) is 6.92 Å². The lowest BCUT2D eigenvalue weighted by Gasteiger charge is -2.53.